The summed E-state index contributed by atoms with van der Waals surface area (Å²) in [5.74, 6) is 0.984. The van der Waals surface area contributed by atoms with Gasteiger partial charge in [-0.05, 0) is 54.1 Å². The van der Waals surface area contributed by atoms with E-state index in [0.717, 1.165) is 5.56 Å². The Hall–Kier alpha value is -3.87. The Labute approximate surface area is 155 Å². The third-order valence-electron chi connectivity index (χ3n) is 3.43. The van der Waals surface area contributed by atoms with Gasteiger partial charge in [-0.2, -0.15) is 0 Å². The van der Waals surface area contributed by atoms with Crippen LogP contribution in [-0.2, 0) is 16.1 Å². The molecule has 0 saturated heterocycles. The molecule has 27 heavy (non-hydrogen) atoms. The van der Waals surface area contributed by atoms with Crippen molar-refractivity contribution in [3.8, 4) is 0 Å². The van der Waals surface area contributed by atoms with E-state index in [1.54, 1.807) is 54.7 Å². The molecule has 0 fully saturated rings. The number of pyridine rings is 1. The number of hydrogen-bond donors (Lipinski definition) is 2. The molecule has 136 valence electrons. The highest BCUT2D eigenvalue weighted by atomic mass is 16.3. The average molecular weight is 363 g/mol. The van der Waals surface area contributed by atoms with E-state index in [1.807, 2.05) is 0 Å². The van der Waals surface area contributed by atoms with Crippen LogP contribution in [0.25, 0.3) is 12.2 Å². The van der Waals surface area contributed by atoms with Crippen LogP contribution in [0, 0.1) is 0 Å². The normalized spacial score (nSPS) is 11.1. The van der Waals surface area contributed by atoms with Crippen molar-refractivity contribution in [1.29, 1.82) is 0 Å². The van der Waals surface area contributed by atoms with Gasteiger partial charge in [-0.1, -0.05) is 0 Å². The lowest BCUT2D eigenvalue weighted by molar-refractivity contribution is -0.116. The Morgan fingerprint density at radius 2 is 1.63 bits per heavy atom. The zero-order valence-electron chi connectivity index (χ0n) is 14.3. The number of anilines is 1. The molecule has 0 bridgehead atoms. The largest absolute Gasteiger partial charge is 0.465 e. The van der Waals surface area contributed by atoms with Crippen LogP contribution in [0.5, 0.6) is 0 Å². The second-order valence-electron chi connectivity index (χ2n) is 5.45. The highest BCUT2D eigenvalue weighted by Gasteiger charge is 2.03. The van der Waals surface area contributed by atoms with Crippen LogP contribution >= 0.6 is 0 Å². The minimum atomic E-state index is -0.332. The van der Waals surface area contributed by atoms with Crippen LogP contribution in [0.3, 0.4) is 0 Å². The van der Waals surface area contributed by atoms with E-state index < -0.39 is 0 Å². The predicted molar refractivity (Wildman–Crippen MR) is 100 cm³/mol. The van der Waals surface area contributed by atoms with Gasteiger partial charge in [0.05, 0.1) is 12.5 Å². The molecule has 0 saturated carbocycles. The van der Waals surface area contributed by atoms with Gasteiger partial charge in [-0.3, -0.25) is 9.59 Å². The van der Waals surface area contributed by atoms with E-state index in [2.05, 4.69) is 15.6 Å². The quantitative estimate of drug-likeness (QED) is 0.628. The number of carbonyl (C=O) groups excluding carboxylic acids is 2. The molecule has 7 heteroatoms. The molecule has 0 aliphatic carbocycles. The van der Waals surface area contributed by atoms with E-state index in [1.165, 1.54) is 24.7 Å². The van der Waals surface area contributed by atoms with Crippen LogP contribution in [-0.4, -0.2) is 16.8 Å². The second kappa shape index (κ2) is 9.00. The van der Waals surface area contributed by atoms with Crippen molar-refractivity contribution < 1.29 is 18.4 Å². The molecule has 0 aliphatic rings. The Balaban J connectivity index is 1.51. The molecule has 2 amide bonds. The van der Waals surface area contributed by atoms with Crippen LogP contribution in [0.2, 0.25) is 0 Å². The Bertz CT molecular complexity index is 942. The fraction of sp³-hybridized carbons (Fsp3) is 0.0500. The van der Waals surface area contributed by atoms with Gasteiger partial charge in [0.1, 0.15) is 17.3 Å². The lowest BCUT2D eigenvalue weighted by atomic mass is 10.2. The number of furan rings is 2. The summed E-state index contributed by atoms with van der Waals surface area (Å²) in [6.07, 6.45) is 10.5. The first kappa shape index (κ1) is 17.9. The van der Waals surface area contributed by atoms with Gasteiger partial charge in [0.25, 0.3) is 0 Å². The summed E-state index contributed by atoms with van der Waals surface area (Å²) in [6, 6.07) is 10.4. The van der Waals surface area contributed by atoms with Gasteiger partial charge in [0.2, 0.25) is 11.8 Å². The van der Waals surface area contributed by atoms with Gasteiger partial charge in [-0.25, -0.2) is 4.98 Å². The van der Waals surface area contributed by atoms with Crippen LogP contribution in [0.4, 0.5) is 5.82 Å². The van der Waals surface area contributed by atoms with Gasteiger partial charge in [0.15, 0.2) is 0 Å². The van der Waals surface area contributed by atoms with E-state index >= 15 is 0 Å². The lowest BCUT2D eigenvalue weighted by Gasteiger charge is -2.05. The molecule has 0 radical (unpaired) electrons. The summed E-state index contributed by atoms with van der Waals surface area (Å²) in [6.45, 7) is 0.301. The molecule has 3 aromatic heterocycles. The Morgan fingerprint density at radius 3 is 2.26 bits per heavy atom. The monoisotopic (exact) mass is 363 g/mol. The molecular formula is C20H17N3O4. The summed E-state index contributed by atoms with van der Waals surface area (Å²) in [5, 5.41) is 5.41. The molecule has 3 heterocycles. The van der Waals surface area contributed by atoms with Crippen LogP contribution < -0.4 is 10.6 Å². The highest BCUT2D eigenvalue weighted by Crippen LogP contribution is 2.08. The summed E-state index contributed by atoms with van der Waals surface area (Å²) in [7, 11) is 0. The fourth-order valence-electron chi connectivity index (χ4n) is 2.16. The van der Waals surface area contributed by atoms with Gasteiger partial charge < -0.3 is 19.5 Å². The SMILES string of the molecule is O=C(/C=C/c1ccco1)NCc1ccnc(NC(=O)/C=C/c2ccco2)c1. The third-order valence-corrected chi connectivity index (χ3v) is 3.43. The van der Waals surface area contributed by atoms with Crippen molar-refractivity contribution >= 4 is 29.8 Å². The number of carbonyl (C=O) groups is 2. The fourth-order valence-corrected chi connectivity index (χ4v) is 2.16. The Kier molecular flexibility index (Phi) is 5.98. The van der Waals surface area contributed by atoms with Crippen molar-refractivity contribution in [1.82, 2.24) is 10.3 Å². The van der Waals surface area contributed by atoms with Gasteiger partial charge in [-0.15, -0.1) is 0 Å². The minimum Gasteiger partial charge on any atom is -0.465 e. The molecule has 0 spiro atoms. The highest BCUT2D eigenvalue weighted by molar-refractivity contribution is 6.01. The summed E-state index contributed by atoms with van der Waals surface area (Å²) >= 11 is 0. The summed E-state index contributed by atoms with van der Waals surface area (Å²) < 4.78 is 10.2. The number of nitrogens with one attached hydrogen (secondary N) is 2. The van der Waals surface area contributed by atoms with E-state index in [4.69, 9.17) is 8.83 Å². The maximum atomic E-state index is 11.9. The molecule has 0 aliphatic heterocycles. The number of aromatic nitrogens is 1. The smallest absolute Gasteiger partial charge is 0.249 e. The average Bonchev–Trinajstić information content (AvgIpc) is 3.37. The minimum absolute atomic E-state index is 0.254. The number of amides is 2. The zero-order chi connectivity index (χ0) is 18.9. The van der Waals surface area contributed by atoms with Crippen molar-refractivity contribution in [3.63, 3.8) is 0 Å². The summed E-state index contributed by atoms with van der Waals surface area (Å²) in [4.78, 5) is 27.8. The van der Waals surface area contributed by atoms with Crippen molar-refractivity contribution in [2.75, 3.05) is 5.32 Å². The standard InChI is InChI=1S/C20H17N3O4/c24-19(7-5-16-3-1-11-26-16)22-14-15-9-10-21-18(13-15)23-20(25)8-6-17-4-2-12-27-17/h1-13H,14H2,(H,22,24)(H,21,23,25)/b7-5+,8-6+. The molecule has 0 atom stereocenters. The maximum Gasteiger partial charge on any atom is 0.249 e. The van der Waals surface area contributed by atoms with Crippen LogP contribution in [0.1, 0.15) is 17.1 Å². The predicted octanol–water partition coefficient (Wildman–Crippen LogP) is 3.25. The number of hydrogen-bond acceptors (Lipinski definition) is 5. The molecule has 7 nitrogen and oxygen atoms in total. The van der Waals surface area contributed by atoms with Crippen molar-refractivity contribution in [2.45, 2.75) is 6.54 Å². The van der Waals surface area contributed by atoms with E-state index in [0.29, 0.717) is 23.9 Å². The number of rotatable bonds is 7. The van der Waals surface area contributed by atoms with E-state index in [9.17, 15) is 9.59 Å². The number of nitrogens with zero attached hydrogens (tertiary/aromatic N) is 1. The first-order chi connectivity index (χ1) is 13.2. The molecule has 3 rings (SSSR count). The van der Waals surface area contributed by atoms with Gasteiger partial charge >= 0.3 is 0 Å². The van der Waals surface area contributed by atoms with Gasteiger partial charge in [0, 0.05) is 24.9 Å². The van der Waals surface area contributed by atoms with Crippen LogP contribution in [0.15, 0.2) is 76.1 Å². The first-order valence-electron chi connectivity index (χ1n) is 8.16. The molecule has 3 aromatic rings. The van der Waals surface area contributed by atoms with Crippen molar-refractivity contribution in [2.24, 2.45) is 0 Å². The summed E-state index contributed by atoms with van der Waals surface area (Å²) in [5.41, 5.74) is 0.801. The van der Waals surface area contributed by atoms with E-state index in [-0.39, 0.29) is 11.8 Å². The molecular weight excluding hydrogens is 346 g/mol. The molecule has 0 aromatic carbocycles. The first-order valence-corrected chi connectivity index (χ1v) is 8.16. The molecule has 2 N–H and O–H groups in total. The Morgan fingerprint density at radius 1 is 0.963 bits per heavy atom. The second-order valence-corrected chi connectivity index (χ2v) is 5.45. The van der Waals surface area contributed by atoms with Crippen molar-refractivity contribution in [3.05, 3.63) is 84.4 Å². The zero-order valence-corrected chi connectivity index (χ0v) is 14.3. The lowest BCUT2D eigenvalue weighted by Crippen LogP contribution is -2.20. The molecule has 0 unspecified atom stereocenters. The maximum absolute atomic E-state index is 11.9. The topological polar surface area (TPSA) is 97.4 Å². The third kappa shape index (κ3) is 5.86.